The normalized spacial score (nSPS) is 11.3. The standard InChI is InChI=1S/C19H21ClN2O7S2/c1-10-11(2)30-17(16(10)19(25)28-5)21-15(23)9-29-18(24)13-8-12(6-7-14(13)20)31(26,27)22(3)4/h6-8H,9H2,1-5H3,(H,21,23). The Morgan fingerprint density at radius 2 is 1.81 bits per heavy atom. The van der Waals surface area contributed by atoms with E-state index in [1.165, 1.54) is 44.7 Å². The van der Waals surface area contributed by atoms with Gasteiger partial charge in [0.05, 0.1) is 28.2 Å². The van der Waals surface area contributed by atoms with Gasteiger partial charge < -0.3 is 14.8 Å². The molecule has 1 amide bonds. The number of thiophene rings is 1. The number of carbonyl (C=O) groups is 3. The molecule has 0 saturated carbocycles. The Labute approximate surface area is 188 Å². The summed E-state index contributed by atoms with van der Waals surface area (Å²) in [4.78, 5) is 37.3. The van der Waals surface area contributed by atoms with E-state index >= 15 is 0 Å². The predicted octanol–water partition coefficient (Wildman–Crippen LogP) is 2.85. The van der Waals surface area contributed by atoms with Gasteiger partial charge in [-0.15, -0.1) is 11.3 Å². The van der Waals surface area contributed by atoms with Crippen LogP contribution in [-0.4, -0.2) is 58.4 Å². The second kappa shape index (κ2) is 9.77. The Kier molecular flexibility index (Phi) is 7.82. The van der Waals surface area contributed by atoms with Crippen molar-refractivity contribution in [2.24, 2.45) is 0 Å². The number of carbonyl (C=O) groups excluding carboxylic acids is 3. The van der Waals surface area contributed by atoms with Gasteiger partial charge in [0.1, 0.15) is 5.00 Å². The average molecular weight is 489 g/mol. The molecule has 0 spiro atoms. The molecule has 168 valence electrons. The van der Waals surface area contributed by atoms with Crippen LogP contribution in [0.25, 0.3) is 0 Å². The molecule has 0 aliphatic heterocycles. The van der Waals surface area contributed by atoms with Gasteiger partial charge in [-0.1, -0.05) is 11.6 Å². The Hall–Kier alpha value is -2.47. The molecule has 0 radical (unpaired) electrons. The molecule has 1 heterocycles. The van der Waals surface area contributed by atoms with Gasteiger partial charge in [0, 0.05) is 19.0 Å². The number of nitrogens with one attached hydrogen (secondary N) is 1. The van der Waals surface area contributed by atoms with Gasteiger partial charge in [-0.2, -0.15) is 0 Å². The Bertz CT molecular complexity index is 1140. The van der Waals surface area contributed by atoms with Crippen LogP contribution in [0.15, 0.2) is 23.1 Å². The van der Waals surface area contributed by atoms with Crippen LogP contribution in [0.3, 0.4) is 0 Å². The van der Waals surface area contributed by atoms with Gasteiger partial charge in [0.25, 0.3) is 5.91 Å². The van der Waals surface area contributed by atoms with E-state index in [1.54, 1.807) is 13.8 Å². The molecule has 1 aromatic carbocycles. The molecule has 0 bridgehead atoms. The van der Waals surface area contributed by atoms with Crippen molar-refractivity contribution in [3.8, 4) is 0 Å². The lowest BCUT2D eigenvalue weighted by atomic mass is 10.1. The number of methoxy groups -OCH3 is 1. The molecule has 9 nitrogen and oxygen atoms in total. The molecule has 0 saturated heterocycles. The summed E-state index contributed by atoms with van der Waals surface area (Å²) in [6, 6.07) is 3.60. The summed E-state index contributed by atoms with van der Waals surface area (Å²) >= 11 is 7.19. The molecule has 0 fully saturated rings. The maximum atomic E-state index is 12.4. The minimum atomic E-state index is -3.79. The van der Waals surface area contributed by atoms with Crippen molar-refractivity contribution in [2.75, 3.05) is 33.1 Å². The molecule has 0 atom stereocenters. The van der Waals surface area contributed by atoms with Gasteiger partial charge in [0.15, 0.2) is 6.61 Å². The maximum Gasteiger partial charge on any atom is 0.341 e. The number of ether oxygens (including phenoxy) is 2. The van der Waals surface area contributed by atoms with Gasteiger partial charge in [0.2, 0.25) is 10.0 Å². The summed E-state index contributed by atoms with van der Waals surface area (Å²) < 4.78 is 35.2. The minimum Gasteiger partial charge on any atom is -0.465 e. The van der Waals surface area contributed by atoms with Crippen molar-refractivity contribution in [1.29, 1.82) is 0 Å². The van der Waals surface area contributed by atoms with E-state index in [2.05, 4.69) is 5.32 Å². The zero-order valence-electron chi connectivity index (χ0n) is 17.4. The monoisotopic (exact) mass is 488 g/mol. The zero-order valence-corrected chi connectivity index (χ0v) is 19.8. The average Bonchev–Trinajstić information content (AvgIpc) is 2.98. The summed E-state index contributed by atoms with van der Waals surface area (Å²) in [6.07, 6.45) is 0. The Balaban J connectivity index is 2.15. The molecule has 12 heteroatoms. The first-order valence-electron chi connectivity index (χ1n) is 8.77. The summed E-state index contributed by atoms with van der Waals surface area (Å²) in [5.74, 6) is -2.25. The maximum absolute atomic E-state index is 12.4. The van der Waals surface area contributed by atoms with Crippen LogP contribution in [-0.2, 0) is 24.3 Å². The number of rotatable bonds is 7. The van der Waals surface area contributed by atoms with Gasteiger partial charge >= 0.3 is 11.9 Å². The highest BCUT2D eigenvalue weighted by molar-refractivity contribution is 7.89. The molecule has 31 heavy (non-hydrogen) atoms. The molecule has 0 aliphatic rings. The van der Waals surface area contributed by atoms with Crippen LogP contribution in [0.4, 0.5) is 5.00 Å². The van der Waals surface area contributed by atoms with Crippen LogP contribution in [0.5, 0.6) is 0 Å². The number of hydrogen-bond donors (Lipinski definition) is 1. The van der Waals surface area contributed by atoms with Crippen LogP contribution in [0.2, 0.25) is 5.02 Å². The summed E-state index contributed by atoms with van der Waals surface area (Å²) in [5, 5.41) is 2.78. The van der Waals surface area contributed by atoms with Gasteiger partial charge in [-0.3, -0.25) is 4.79 Å². The van der Waals surface area contributed by atoms with Gasteiger partial charge in [-0.05, 0) is 37.6 Å². The van der Waals surface area contributed by atoms with E-state index in [1.807, 2.05) is 0 Å². The highest BCUT2D eigenvalue weighted by Gasteiger charge is 2.24. The number of esters is 2. The number of nitrogens with zero attached hydrogens (tertiary/aromatic N) is 1. The Morgan fingerprint density at radius 1 is 1.16 bits per heavy atom. The number of anilines is 1. The topological polar surface area (TPSA) is 119 Å². The van der Waals surface area contributed by atoms with Crippen molar-refractivity contribution >= 4 is 55.8 Å². The number of aryl methyl sites for hydroxylation is 1. The molecule has 2 rings (SSSR count). The fourth-order valence-electron chi connectivity index (χ4n) is 2.47. The fraction of sp³-hybridized carbons (Fsp3) is 0.316. The third-order valence-electron chi connectivity index (χ3n) is 4.30. The van der Waals surface area contributed by atoms with Crippen LogP contribution < -0.4 is 5.32 Å². The van der Waals surface area contributed by atoms with E-state index in [0.29, 0.717) is 5.56 Å². The lowest BCUT2D eigenvalue weighted by Gasteiger charge is -2.13. The van der Waals surface area contributed by atoms with Crippen LogP contribution >= 0.6 is 22.9 Å². The number of hydrogen-bond acceptors (Lipinski definition) is 8. The number of halogens is 1. The van der Waals surface area contributed by atoms with Crippen LogP contribution in [0, 0.1) is 13.8 Å². The number of benzene rings is 1. The smallest absolute Gasteiger partial charge is 0.341 e. The first-order chi connectivity index (χ1) is 14.4. The largest absolute Gasteiger partial charge is 0.465 e. The van der Waals surface area contributed by atoms with E-state index in [-0.39, 0.29) is 26.0 Å². The van der Waals surface area contributed by atoms with Crippen molar-refractivity contribution in [3.05, 3.63) is 44.8 Å². The van der Waals surface area contributed by atoms with Crippen molar-refractivity contribution in [1.82, 2.24) is 4.31 Å². The molecule has 0 unspecified atom stereocenters. The lowest BCUT2D eigenvalue weighted by molar-refractivity contribution is -0.119. The lowest BCUT2D eigenvalue weighted by Crippen LogP contribution is -2.23. The molecule has 1 aromatic heterocycles. The van der Waals surface area contributed by atoms with Crippen molar-refractivity contribution in [2.45, 2.75) is 18.7 Å². The van der Waals surface area contributed by atoms with Gasteiger partial charge in [-0.25, -0.2) is 22.3 Å². The number of amides is 1. The molecular formula is C19H21ClN2O7S2. The van der Waals surface area contributed by atoms with E-state index in [9.17, 15) is 22.8 Å². The SMILES string of the molecule is COC(=O)c1c(NC(=O)COC(=O)c2cc(S(=O)(=O)N(C)C)ccc2Cl)sc(C)c1C. The second-order valence-electron chi connectivity index (χ2n) is 6.53. The quantitative estimate of drug-likeness (QED) is 0.595. The first kappa shape index (κ1) is 24.8. The van der Waals surface area contributed by atoms with Crippen LogP contribution in [0.1, 0.15) is 31.2 Å². The van der Waals surface area contributed by atoms with Crippen molar-refractivity contribution < 1.29 is 32.3 Å². The minimum absolute atomic E-state index is 0.0272. The van der Waals surface area contributed by atoms with E-state index < -0.39 is 34.5 Å². The summed E-state index contributed by atoms with van der Waals surface area (Å²) in [5.41, 5.74) is 0.708. The first-order valence-corrected chi connectivity index (χ1v) is 11.4. The molecule has 1 N–H and O–H groups in total. The molecular weight excluding hydrogens is 468 g/mol. The Morgan fingerprint density at radius 3 is 2.39 bits per heavy atom. The fourth-order valence-corrected chi connectivity index (χ4v) is 4.65. The highest BCUT2D eigenvalue weighted by atomic mass is 35.5. The predicted molar refractivity (Wildman–Crippen MR) is 116 cm³/mol. The zero-order chi connectivity index (χ0) is 23.5. The third kappa shape index (κ3) is 5.42. The summed E-state index contributed by atoms with van der Waals surface area (Å²) in [6.45, 7) is 2.85. The third-order valence-corrected chi connectivity index (χ3v) is 7.56. The highest BCUT2D eigenvalue weighted by Crippen LogP contribution is 2.33. The van der Waals surface area contributed by atoms with E-state index in [4.69, 9.17) is 21.1 Å². The summed E-state index contributed by atoms with van der Waals surface area (Å²) in [7, 11) is 0.139. The van der Waals surface area contributed by atoms with Crippen molar-refractivity contribution in [3.63, 3.8) is 0 Å². The number of sulfonamides is 1. The van der Waals surface area contributed by atoms with E-state index in [0.717, 1.165) is 15.2 Å². The molecule has 2 aromatic rings. The second-order valence-corrected chi connectivity index (χ2v) is 10.3. The molecule has 0 aliphatic carbocycles.